The lowest BCUT2D eigenvalue weighted by molar-refractivity contribution is -0.131. The van der Waals surface area contributed by atoms with E-state index < -0.39 is 9.84 Å². The summed E-state index contributed by atoms with van der Waals surface area (Å²) < 4.78 is 23.4. The predicted molar refractivity (Wildman–Crippen MR) is 97.1 cm³/mol. The third kappa shape index (κ3) is 5.85. The lowest BCUT2D eigenvalue weighted by atomic mass is 10.1. The summed E-state index contributed by atoms with van der Waals surface area (Å²) in [6, 6.07) is 8.59. The van der Waals surface area contributed by atoms with E-state index >= 15 is 0 Å². The summed E-state index contributed by atoms with van der Waals surface area (Å²) in [4.78, 5) is 26.3. The first-order chi connectivity index (χ1) is 11.8. The summed E-state index contributed by atoms with van der Waals surface area (Å²) >= 11 is 0. The van der Waals surface area contributed by atoms with Gasteiger partial charge >= 0.3 is 0 Å². The van der Waals surface area contributed by atoms with Gasteiger partial charge in [-0.25, -0.2) is 8.42 Å². The summed E-state index contributed by atoms with van der Waals surface area (Å²) in [5.74, 6) is -0.246. The lowest BCUT2D eigenvalue weighted by Crippen LogP contribution is -2.39. The van der Waals surface area contributed by atoms with E-state index in [1.54, 1.807) is 36.1 Å². The number of hydrogen-bond acceptors (Lipinski definition) is 4. The van der Waals surface area contributed by atoms with E-state index in [2.05, 4.69) is 5.32 Å². The summed E-state index contributed by atoms with van der Waals surface area (Å²) in [5, 5.41) is 2.47. The second-order valence-corrected chi connectivity index (χ2v) is 9.03. The molecule has 0 radical (unpaired) electrons. The van der Waals surface area contributed by atoms with Gasteiger partial charge in [0.25, 0.3) is 5.91 Å². The molecule has 0 aliphatic carbocycles. The number of nitrogens with zero attached hydrogens (tertiary/aromatic N) is 1. The number of rotatable bonds is 5. The minimum atomic E-state index is -3.06. The maximum atomic E-state index is 12.5. The van der Waals surface area contributed by atoms with Crippen LogP contribution in [0.5, 0.6) is 0 Å². The molecule has 0 aromatic heterocycles. The summed E-state index contributed by atoms with van der Waals surface area (Å²) in [6.45, 7) is 2.83. The molecule has 1 N–H and O–H groups in total. The van der Waals surface area contributed by atoms with Crippen molar-refractivity contribution in [1.82, 2.24) is 10.2 Å². The maximum absolute atomic E-state index is 12.5. The Labute approximate surface area is 149 Å². The van der Waals surface area contributed by atoms with Crippen LogP contribution >= 0.6 is 0 Å². The largest absolute Gasteiger partial charge is 0.349 e. The van der Waals surface area contributed by atoms with Gasteiger partial charge in [0.05, 0.1) is 5.25 Å². The molecule has 1 heterocycles. The number of benzene rings is 1. The molecule has 2 rings (SSSR count). The van der Waals surface area contributed by atoms with Crippen molar-refractivity contribution in [3.8, 4) is 0 Å². The van der Waals surface area contributed by atoms with Crippen LogP contribution in [0.3, 0.4) is 0 Å². The topological polar surface area (TPSA) is 83.6 Å². The van der Waals surface area contributed by atoms with Crippen molar-refractivity contribution in [3.05, 3.63) is 35.9 Å². The number of sulfone groups is 1. The van der Waals surface area contributed by atoms with Gasteiger partial charge in [0.1, 0.15) is 9.84 Å². The number of nitrogens with one attached hydrogen (secondary N) is 1. The highest BCUT2D eigenvalue weighted by Crippen LogP contribution is 2.18. The van der Waals surface area contributed by atoms with E-state index in [-0.39, 0.29) is 29.5 Å². The van der Waals surface area contributed by atoms with Gasteiger partial charge in [-0.1, -0.05) is 18.2 Å². The normalized spacial score (nSPS) is 19.8. The van der Waals surface area contributed by atoms with E-state index in [9.17, 15) is 18.0 Å². The molecule has 0 saturated carbocycles. The molecule has 1 fully saturated rings. The number of carbonyl (C=O) groups excluding carboxylic acids is 2. The Kier molecular flexibility index (Phi) is 6.58. The van der Waals surface area contributed by atoms with Gasteiger partial charge in [-0.15, -0.1) is 0 Å². The second-order valence-electron chi connectivity index (χ2n) is 6.71. The first-order valence-electron chi connectivity index (χ1n) is 8.60. The molecule has 1 aliphatic rings. The van der Waals surface area contributed by atoms with Crippen LogP contribution in [-0.2, 0) is 14.6 Å². The monoisotopic (exact) mass is 366 g/mol. The second kappa shape index (κ2) is 8.47. The minimum absolute atomic E-state index is 0.0463. The van der Waals surface area contributed by atoms with Crippen LogP contribution in [-0.4, -0.2) is 55.8 Å². The van der Waals surface area contributed by atoms with Crippen LogP contribution in [0, 0.1) is 0 Å². The molecule has 2 atom stereocenters. The molecule has 25 heavy (non-hydrogen) atoms. The minimum Gasteiger partial charge on any atom is -0.349 e. The van der Waals surface area contributed by atoms with Gasteiger partial charge in [0.2, 0.25) is 5.91 Å². The average molecular weight is 366 g/mol. The number of carbonyl (C=O) groups is 2. The molecule has 1 aromatic carbocycles. The molecule has 138 valence electrons. The van der Waals surface area contributed by atoms with E-state index in [1.807, 2.05) is 6.07 Å². The van der Waals surface area contributed by atoms with Crippen LogP contribution in [0.4, 0.5) is 0 Å². The highest BCUT2D eigenvalue weighted by Gasteiger charge is 2.27. The van der Waals surface area contributed by atoms with Crippen molar-refractivity contribution in [1.29, 1.82) is 0 Å². The molecule has 0 spiro atoms. The predicted octanol–water partition coefficient (Wildman–Crippen LogP) is 1.62. The maximum Gasteiger partial charge on any atom is 0.251 e. The highest BCUT2D eigenvalue weighted by molar-refractivity contribution is 7.91. The van der Waals surface area contributed by atoms with E-state index in [0.29, 0.717) is 37.9 Å². The number of hydrogen-bond donors (Lipinski definition) is 1. The molecule has 2 amide bonds. The third-order valence-corrected chi connectivity index (χ3v) is 6.21. The average Bonchev–Trinajstić information content (AvgIpc) is 2.81. The van der Waals surface area contributed by atoms with Gasteiger partial charge in [-0.05, 0) is 38.3 Å². The fourth-order valence-electron chi connectivity index (χ4n) is 3.08. The molecule has 0 bridgehead atoms. The Morgan fingerprint density at radius 1 is 1.20 bits per heavy atom. The van der Waals surface area contributed by atoms with Crippen LogP contribution in [0.1, 0.15) is 43.0 Å². The standard InChI is InChI=1S/C18H26N2O4S/c1-14(19-18(22)15-7-4-3-5-8-15)13-17(21)20-11-6-9-16(10-12-20)25(2,23)24/h3-5,7-8,14,16H,6,9-13H2,1-2H3,(H,19,22)/t14-,16-/m0/s1. The third-order valence-electron chi connectivity index (χ3n) is 4.53. The van der Waals surface area contributed by atoms with Crippen molar-refractivity contribution < 1.29 is 18.0 Å². The zero-order chi connectivity index (χ0) is 18.4. The summed E-state index contributed by atoms with van der Waals surface area (Å²) in [5.41, 5.74) is 0.563. The van der Waals surface area contributed by atoms with E-state index in [1.165, 1.54) is 6.26 Å². The van der Waals surface area contributed by atoms with Gasteiger partial charge < -0.3 is 10.2 Å². The molecule has 1 aromatic rings. The lowest BCUT2D eigenvalue weighted by Gasteiger charge is -2.23. The van der Waals surface area contributed by atoms with Crippen LogP contribution in [0.25, 0.3) is 0 Å². The Morgan fingerprint density at radius 2 is 1.88 bits per heavy atom. The summed E-state index contributed by atoms with van der Waals surface area (Å²) in [6.07, 6.45) is 3.24. The van der Waals surface area contributed by atoms with Crippen molar-refractivity contribution in [2.45, 2.75) is 43.9 Å². The Bertz CT molecular complexity index is 703. The molecule has 0 unspecified atom stereocenters. The Hall–Kier alpha value is -1.89. The first-order valence-corrected chi connectivity index (χ1v) is 10.6. The molecule has 1 aliphatic heterocycles. The Balaban J connectivity index is 1.85. The van der Waals surface area contributed by atoms with Crippen molar-refractivity contribution in [2.24, 2.45) is 0 Å². The molecule has 1 saturated heterocycles. The quantitative estimate of drug-likeness (QED) is 0.858. The molecule has 6 nitrogen and oxygen atoms in total. The SMILES string of the molecule is C[C@@H](CC(=O)N1CCC[C@H](S(C)(=O)=O)CC1)NC(=O)c1ccccc1. The molecule has 7 heteroatoms. The molecular weight excluding hydrogens is 340 g/mol. The molecular formula is C18H26N2O4S. The zero-order valence-electron chi connectivity index (χ0n) is 14.8. The van der Waals surface area contributed by atoms with Gasteiger partial charge in [0, 0.05) is 37.4 Å². The summed E-state index contributed by atoms with van der Waals surface area (Å²) in [7, 11) is -3.06. The van der Waals surface area contributed by atoms with Gasteiger partial charge in [-0.3, -0.25) is 9.59 Å². The highest BCUT2D eigenvalue weighted by atomic mass is 32.2. The smallest absolute Gasteiger partial charge is 0.251 e. The van der Waals surface area contributed by atoms with E-state index in [4.69, 9.17) is 0 Å². The van der Waals surface area contributed by atoms with Crippen LogP contribution in [0.2, 0.25) is 0 Å². The van der Waals surface area contributed by atoms with Crippen LogP contribution < -0.4 is 5.32 Å². The van der Waals surface area contributed by atoms with Crippen molar-refractivity contribution in [2.75, 3.05) is 19.3 Å². The number of likely N-dealkylation sites (tertiary alicyclic amines) is 1. The van der Waals surface area contributed by atoms with Crippen molar-refractivity contribution in [3.63, 3.8) is 0 Å². The fraction of sp³-hybridized carbons (Fsp3) is 0.556. The van der Waals surface area contributed by atoms with Gasteiger partial charge in [0.15, 0.2) is 0 Å². The van der Waals surface area contributed by atoms with Gasteiger partial charge in [-0.2, -0.15) is 0 Å². The van der Waals surface area contributed by atoms with Crippen molar-refractivity contribution >= 4 is 21.7 Å². The first kappa shape index (κ1) is 19.4. The fourth-order valence-corrected chi connectivity index (χ4v) is 4.21. The zero-order valence-corrected chi connectivity index (χ0v) is 15.6. The Morgan fingerprint density at radius 3 is 2.52 bits per heavy atom. The van der Waals surface area contributed by atoms with Crippen LogP contribution in [0.15, 0.2) is 30.3 Å². The number of amides is 2. The van der Waals surface area contributed by atoms with E-state index in [0.717, 1.165) is 0 Å².